The molecule has 0 spiro atoms. The van der Waals surface area contributed by atoms with Crippen molar-refractivity contribution >= 4 is 17.3 Å². The van der Waals surface area contributed by atoms with Crippen molar-refractivity contribution in [1.29, 1.82) is 0 Å². The summed E-state index contributed by atoms with van der Waals surface area (Å²) in [6.07, 6.45) is 1.76. The maximum atomic E-state index is 5.92. The zero-order valence-corrected chi connectivity index (χ0v) is 13.8. The van der Waals surface area contributed by atoms with Crippen molar-refractivity contribution < 1.29 is 4.74 Å². The van der Waals surface area contributed by atoms with Gasteiger partial charge in [-0.3, -0.25) is 0 Å². The van der Waals surface area contributed by atoms with Crippen LogP contribution < -0.4 is 4.90 Å². The second-order valence-electron chi connectivity index (χ2n) is 5.72. The van der Waals surface area contributed by atoms with Crippen LogP contribution in [0.5, 0.6) is 0 Å². The normalized spacial score (nSPS) is 17.4. The highest BCUT2D eigenvalue weighted by atomic mass is 35.5. The Bertz CT molecular complexity index is 803. The van der Waals surface area contributed by atoms with Crippen LogP contribution in [0.2, 0.25) is 5.02 Å². The van der Waals surface area contributed by atoms with Gasteiger partial charge in [0.25, 0.3) is 0 Å². The highest BCUT2D eigenvalue weighted by Gasteiger charge is 2.29. The molecule has 0 saturated carbocycles. The minimum absolute atomic E-state index is 0.189. The molecule has 1 fully saturated rings. The van der Waals surface area contributed by atoms with Crippen molar-refractivity contribution in [1.82, 2.24) is 15.0 Å². The molecule has 1 atom stereocenters. The molecule has 0 N–H and O–H groups in total. The van der Waals surface area contributed by atoms with Gasteiger partial charge >= 0.3 is 0 Å². The lowest BCUT2D eigenvalue weighted by molar-refractivity contribution is 0.110. The van der Waals surface area contributed by atoms with Crippen LogP contribution in [0.4, 0.5) is 5.69 Å². The zero-order valence-electron chi connectivity index (χ0n) is 13.0. The summed E-state index contributed by atoms with van der Waals surface area (Å²) in [4.78, 5) is 2.21. The van der Waals surface area contributed by atoms with E-state index in [1.165, 1.54) is 0 Å². The molecule has 0 unspecified atom stereocenters. The fourth-order valence-electron chi connectivity index (χ4n) is 2.88. The molecule has 0 radical (unpaired) electrons. The van der Waals surface area contributed by atoms with Gasteiger partial charge in [0, 0.05) is 17.3 Å². The number of benzene rings is 2. The molecule has 1 aliphatic rings. The summed E-state index contributed by atoms with van der Waals surface area (Å²) < 4.78 is 7.70. The molecule has 3 aromatic rings. The van der Waals surface area contributed by atoms with Gasteiger partial charge in [-0.15, -0.1) is 5.10 Å². The van der Waals surface area contributed by atoms with Crippen molar-refractivity contribution in [2.24, 2.45) is 0 Å². The third-order valence-electron chi connectivity index (χ3n) is 4.05. The Morgan fingerprint density at radius 1 is 1.08 bits per heavy atom. The number of hydrogen-bond donors (Lipinski definition) is 0. The second kappa shape index (κ2) is 6.63. The Morgan fingerprint density at radius 3 is 2.67 bits per heavy atom. The summed E-state index contributed by atoms with van der Waals surface area (Å²) in [5.74, 6) is 0. The van der Waals surface area contributed by atoms with E-state index in [9.17, 15) is 0 Å². The minimum atomic E-state index is -0.189. The van der Waals surface area contributed by atoms with Crippen LogP contribution in [0.25, 0.3) is 0 Å². The van der Waals surface area contributed by atoms with Gasteiger partial charge in [0.15, 0.2) is 6.23 Å². The van der Waals surface area contributed by atoms with E-state index in [2.05, 4.69) is 27.3 Å². The van der Waals surface area contributed by atoms with Gasteiger partial charge in [-0.25, -0.2) is 4.68 Å². The Balaban J connectivity index is 1.52. The van der Waals surface area contributed by atoms with Crippen LogP contribution in [0.15, 0.2) is 60.8 Å². The molecule has 6 heteroatoms. The first-order valence-corrected chi connectivity index (χ1v) is 8.25. The topological polar surface area (TPSA) is 43.2 Å². The lowest BCUT2D eigenvalue weighted by Crippen LogP contribution is -2.23. The first-order valence-electron chi connectivity index (χ1n) is 7.87. The molecular formula is C18H17ClN4O. The Morgan fingerprint density at radius 2 is 1.88 bits per heavy atom. The van der Waals surface area contributed by atoms with Gasteiger partial charge in [0.2, 0.25) is 0 Å². The average molecular weight is 341 g/mol. The largest absolute Gasteiger partial charge is 0.350 e. The van der Waals surface area contributed by atoms with Crippen LogP contribution in [0, 0.1) is 0 Å². The zero-order chi connectivity index (χ0) is 16.4. The van der Waals surface area contributed by atoms with Crippen molar-refractivity contribution in [3.05, 3.63) is 77.1 Å². The maximum Gasteiger partial charge on any atom is 0.177 e. The van der Waals surface area contributed by atoms with Crippen LogP contribution in [-0.4, -0.2) is 28.1 Å². The average Bonchev–Trinajstić information content (AvgIpc) is 3.27. The number of aromatic nitrogens is 3. The number of nitrogens with zero attached hydrogens (tertiary/aromatic N) is 4. The molecule has 4 rings (SSSR count). The van der Waals surface area contributed by atoms with E-state index < -0.39 is 0 Å². The van der Waals surface area contributed by atoms with E-state index in [0.29, 0.717) is 13.2 Å². The standard InChI is InChI=1S/C18H17ClN4O/c19-15-8-6-14(7-9-15)12-22-13-17(20-21-22)18-23(10-11-24-18)16-4-2-1-3-5-16/h1-9,13,18H,10-12H2/t18-/m1/s1. The molecule has 0 aliphatic carbocycles. The van der Waals surface area contributed by atoms with Crippen molar-refractivity contribution in [3.8, 4) is 0 Å². The van der Waals surface area contributed by atoms with Crippen molar-refractivity contribution in [3.63, 3.8) is 0 Å². The van der Waals surface area contributed by atoms with Crippen LogP contribution in [0.3, 0.4) is 0 Å². The molecule has 1 aromatic heterocycles. The van der Waals surface area contributed by atoms with Crippen LogP contribution in [-0.2, 0) is 11.3 Å². The highest BCUT2D eigenvalue weighted by molar-refractivity contribution is 6.30. The first-order chi connectivity index (χ1) is 11.8. The van der Waals surface area contributed by atoms with E-state index in [-0.39, 0.29) is 6.23 Å². The van der Waals surface area contributed by atoms with Crippen molar-refractivity contribution in [2.45, 2.75) is 12.8 Å². The SMILES string of the molecule is Clc1ccc(Cn2cc([C@H]3OCCN3c3ccccc3)nn2)cc1. The summed E-state index contributed by atoms with van der Waals surface area (Å²) in [6, 6.07) is 18.0. The van der Waals surface area contributed by atoms with Crippen molar-refractivity contribution in [2.75, 3.05) is 18.1 Å². The number of anilines is 1. The van der Waals surface area contributed by atoms with E-state index in [0.717, 1.165) is 28.5 Å². The predicted octanol–water partition coefficient (Wildman–Crippen LogP) is 3.52. The highest BCUT2D eigenvalue weighted by Crippen LogP contribution is 2.30. The monoisotopic (exact) mass is 340 g/mol. The molecule has 1 aliphatic heterocycles. The Hall–Kier alpha value is -2.37. The molecule has 24 heavy (non-hydrogen) atoms. The molecule has 5 nitrogen and oxygen atoms in total. The summed E-state index contributed by atoms with van der Waals surface area (Å²) in [7, 11) is 0. The smallest absolute Gasteiger partial charge is 0.177 e. The molecule has 0 amide bonds. The first kappa shape index (κ1) is 15.2. The molecule has 0 bridgehead atoms. The van der Waals surface area contributed by atoms with Gasteiger partial charge in [0.05, 0.1) is 19.3 Å². The quantitative estimate of drug-likeness (QED) is 0.729. The summed E-state index contributed by atoms with van der Waals surface area (Å²) in [5.41, 5.74) is 3.08. The van der Waals surface area contributed by atoms with Crippen LogP contribution >= 0.6 is 11.6 Å². The number of hydrogen-bond acceptors (Lipinski definition) is 4. The Labute approximate surface area is 145 Å². The lowest BCUT2D eigenvalue weighted by atomic mass is 10.2. The molecule has 2 aromatic carbocycles. The van der Waals surface area contributed by atoms with Crippen LogP contribution in [0.1, 0.15) is 17.5 Å². The molecule has 2 heterocycles. The number of para-hydroxylation sites is 1. The Kier molecular flexibility index (Phi) is 4.19. The van der Waals surface area contributed by atoms with E-state index in [1.807, 2.05) is 53.3 Å². The second-order valence-corrected chi connectivity index (χ2v) is 6.16. The predicted molar refractivity (Wildman–Crippen MR) is 93.1 cm³/mol. The minimum Gasteiger partial charge on any atom is -0.350 e. The fraction of sp³-hybridized carbons (Fsp3) is 0.222. The fourth-order valence-corrected chi connectivity index (χ4v) is 3.01. The summed E-state index contributed by atoms with van der Waals surface area (Å²) in [5, 5.41) is 9.27. The summed E-state index contributed by atoms with van der Waals surface area (Å²) >= 11 is 5.92. The van der Waals surface area contributed by atoms with E-state index >= 15 is 0 Å². The van der Waals surface area contributed by atoms with E-state index in [4.69, 9.17) is 16.3 Å². The van der Waals surface area contributed by atoms with Gasteiger partial charge in [-0.2, -0.15) is 0 Å². The lowest BCUT2D eigenvalue weighted by Gasteiger charge is -2.23. The van der Waals surface area contributed by atoms with Gasteiger partial charge < -0.3 is 9.64 Å². The maximum absolute atomic E-state index is 5.92. The number of rotatable bonds is 4. The number of ether oxygens (including phenoxy) is 1. The molecule has 122 valence electrons. The molecular weight excluding hydrogens is 324 g/mol. The van der Waals surface area contributed by atoms with Gasteiger partial charge in [0.1, 0.15) is 5.69 Å². The summed E-state index contributed by atoms with van der Waals surface area (Å²) in [6.45, 7) is 2.19. The van der Waals surface area contributed by atoms with Gasteiger partial charge in [-0.05, 0) is 29.8 Å². The third kappa shape index (κ3) is 3.13. The van der Waals surface area contributed by atoms with Gasteiger partial charge in [-0.1, -0.05) is 47.1 Å². The van der Waals surface area contributed by atoms with E-state index in [1.54, 1.807) is 0 Å². The molecule has 1 saturated heterocycles. The third-order valence-corrected chi connectivity index (χ3v) is 4.30. The number of halogens is 1.